The molecule has 1 unspecified atom stereocenters. The topological polar surface area (TPSA) is 45.0 Å². The van der Waals surface area contributed by atoms with Crippen molar-refractivity contribution in [2.45, 2.75) is 18.7 Å². The zero-order chi connectivity index (χ0) is 17.8. The molecule has 128 valence electrons. The average Bonchev–Trinajstić information content (AvgIpc) is 2.86. The number of nitrogens with zero attached hydrogens (tertiary/aromatic N) is 3. The number of thioether (sulfide) groups is 1. The fourth-order valence-electron chi connectivity index (χ4n) is 2.28. The van der Waals surface area contributed by atoms with Gasteiger partial charge in [0, 0.05) is 5.02 Å². The molecule has 7 heteroatoms. The summed E-state index contributed by atoms with van der Waals surface area (Å²) in [5.41, 5.74) is 1.69. The van der Waals surface area contributed by atoms with Crippen molar-refractivity contribution in [1.29, 1.82) is 0 Å². The van der Waals surface area contributed by atoms with Crippen LogP contribution in [-0.2, 0) is 11.3 Å². The zero-order valence-corrected chi connectivity index (χ0v) is 15.0. The van der Waals surface area contributed by atoms with Gasteiger partial charge >= 0.3 is 0 Å². The van der Waals surface area contributed by atoms with Crippen molar-refractivity contribution < 1.29 is 9.18 Å². The van der Waals surface area contributed by atoms with Crippen molar-refractivity contribution in [3.05, 3.63) is 70.5 Å². The average molecular weight is 376 g/mol. The summed E-state index contributed by atoms with van der Waals surface area (Å²) in [6, 6.07) is 13.3. The van der Waals surface area contributed by atoms with E-state index in [-0.39, 0.29) is 17.0 Å². The van der Waals surface area contributed by atoms with Gasteiger partial charge in [-0.25, -0.2) is 4.39 Å². The Balaban J connectivity index is 1.76. The number of rotatable bonds is 4. The lowest BCUT2D eigenvalue weighted by Gasteiger charge is -2.15. The van der Waals surface area contributed by atoms with Gasteiger partial charge in [-0.15, -0.1) is 5.10 Å². The number of carbonyl (C=O) groups excluding carboxylic acids is 1. The second kappa shape index (κ2) is 7.80. The van der Waals surface area contributed by atoms with Crippen LogP contribution in [0.3, 0.4) is 0 Å². The normalized spacial score (nSPS) is 19.3. The van der Waals surface area contributed by atoms with Crippen molar-refractivity contribution in [2.75, 3.05) is 0 Å². The van der Waals surface area contributed by atoms with Crippen molar-refractivity contribution in [2.24, 2.45) is 10.2 Å². The highest BCUT2D eigenvalue weighted by Gasteiger charge is 2.35. The molecule has 1 fully saturated rings. The second-order valence-electron chi connectivity index (χ2n) is 5.49. The molecular weight excluding hydrogens is 361 g/mol. The Morgan fingerprint density at radius 3 is 2.56 bits per heavy atom. The fourth-order valence-corrected chi connectivity index (χ4v) is 3.32. The fraction of sp³-hybridized carbons (Fsp3) is 0.167. The number of halogens is 2. The van der Waals surface area contributed by atoms with E-state index in [9.17, 15) is 9.18 Å². The van der Waals surface area contributed by atoms with E-state index >= 15 is 0 Å². The molecule has 0 saturated carbocycles. The molecule has 1 atom stereocenters. The molecule has 0 spiro atoms. The van der Waals surface area contributed by atoms with Crippen molar-refractivity contribution in [3.8, 4) is 0 Å². The first-order valence-electron chi connectivity index (χ1n) is 7.62. The summed E-state index contributed by atoms with van der Waals surface area (Å²) in [4.78, 5) is 13.9. The predicted molar refractivity (Wildman–Crippen MR) is 100 cm³/mol. The van der Waals surface area contributed by atoms with E-state index < -0.39 is 0 Å². The van der Waals surface area contributed by atoms with Gasteiger partial charge in [-0.05, 0) is 42.3 Å². The smallest absolute Gasteiger partial charge is 0.242 e. The van der Waals surface area contributed by atoms with Crippen LogP contribution in [0.1, 0.15) is 18.1 Å². The van der Waals surface area contributed by atoms with Crippen LogP contribution in [0.2, 0.25) is 5.02 Å². The van der Waals surface area contributed by atoms with Crippen LogP contribution in [0.5, 0.6) is 0 Å². The van der Waals surface area contributed by atoms with Crippen LogP contribution in [0.4, 0.5) is 4.39 Å². The van der Waals surface area contributed by atoms with Gasteiger partial charge in [-0.2, -0.15) is 5.10 Å². The molecule has 25 heavy (non-hydrogen) atoms. The van der Waals surface area contributed by atoms with Gasteiger partial charge in [0.15, 0.2) is 5.17 Å². The predicted octanol–water partition coefficient (Wildman–Crippen LogP) is 4.33. The number of hydrogen-bond acceptors (Lipinski definition) is 4. The lowest BCUT2D eigenvalue weighted by Crippen LogP contribution is -2.30. The van der Waals surface area contributed by atoms with Crippen LogP contribution in [0.25, 0.3) is 0 Å². The lowest BCUT2D eigenvalue weighted by atomic mass is 10.2. The molecule has 0 radical (unpaired) electrons. The van der Waals surface area contributed by atoms with Gasteiger partial charge in [0.25, 0.3) is 0 Å². The summed E-state index contributed by atoms with van der Waals surface area (Å²) in [7, 11) is 0. The Hall–Kier alpha value is -2.18. The highest BCUT2D eigenvalue weighted by molar-refractivity contribution is 8.15. The van der Waals surface area contributed by atoms with E-state index in [4.69, 9.17) is 11.6 Å². The highest BCUT2D eigenvalue weighted by atomic mass is 35.5. The Bertz CT molecular complexity index is 821. The van der Waals surface area contributed by atoms with Crippen LogP contribution in [0, 0.1) is 5.82 Å². The molecule has 1 amide bonds. The van der Waals surface area contributed by atoms with Gasteiger partial charge in [0.05, 0.1) is 18.0 Å². The van der Waals surface area contributed by atoms with Gasteiger partial charge in [0.2, 0.25) is 5.91 Å². The number of amidine groups is 1. The Morgan fingerprint density at radius 1 is 1.20 bits per heavy atom. The van der Waals surface area contributed by atoms with Crippen molar-refractivity contribution in [1.82, 2.24) is 4.90 Å². The monoisotopic (exact) mass is 375 g/mol. The Labute approximate surface area is 154 Å². The zero-order valence-electron chi connectivity index (χ0n) is 13.4. The Kier molecular flexibility index (Phi) is 5.50. The molecule has 1 saturated heterocycles. The van der Waals surface area contributed by atoms with Crippen LogP contribution in [0.15, 0.2) is 58.7 Å². The lowest BCUT2D eigenvalue weighted by molar-refractivity contribution is -0.126. The summed E-state index contributed by atoms with van der Waals surface area (Å²) >= 11 is 7.20. The molecule has 0 aromatic heterocycles. The first-order valence-corrected chi connectivity index (χ1v) is 8.88. The largest absolute Gasteiger partial charge is 0.284 e. The van der Waals surface area contributed by atoms with E-state index in [0.29, 0.717) is 16.7 Å². The van der Waals surface area contributed by atoms with E-state index in [0.717, 1.165) is 11.1 Å². The summed E-state index contributed by atoms with van der Waals surface area (Å²) < 4.78 is 13.0. The summed E-state index contributed by atoms with van der Waals surface area (Å²) in [5, 5.41) is 9.23. The van der Waals surface area contributed by atoms with Crippen molar-refractivity contribution in [3.63, 3.8) is 0 Å². The molecule has 0 aliphatic carbocycles. The number of carbonyl (C=O) groups is 1. The third kappa shape index (κ3) is 4.46. The van der Waals surface area contributed by atoms with Crippen LogP contribution >= 0.6 is 23.4 Å². The van der Waals surface area contributed by atoms with Gasteiger partial charge in [-0.1, -0.05) is 47.6 Å². The van der Waals surface area contributed by atoms with E-state index in [1.54, 1.807) is 35.4 Å². The molecule has 4 nitrogen and oxygen atoms in total. The highest BCUT2D eigenvalue weighted by Crippen LogP contribution is 2.28. The minimum Gasteiger partial charge on any atom is -0.284 e. The van der Waals surface area contributed by atoms with Gasteiger partial charge < -0.3 is 0 Å². The number of benzene rings is 2. The molecular formula is C18H15ClFN3OS. The van der Waals surface area contributed by atoms with Gasteiger partial charge in [-0.3, -0.25) is 9.69 Å². The molecule has 0 bridgehead atoms. The SMILES string of the molecule is CC1S/C(=N\N=C\c2ccc(Cl)cc2)N(Cc2ccc(F)cc2)C1=O. The minimum absolute atomic E-state index is 0.0326. The van der Waals surface area contributed by atoms with E-state index in [1.165, 1.54) is 23.9 Å². The molecule has 0 N–H and O–H groups in total. The first-order chi connectivity index (χ1) is 12.0. The third-order valence-corrected chi connectivity index (χ3v) is 4.92. The van der Waals surface area contributed by atoms with Crippen LogP contribution < -0.4 is 0 Å². The maximum atomic E-state index is 13.0. The number of hydrogen-bond donors (Lipinski definition) is 0. The minimum atomic E-state index is -0.305. The summed E-state index contributed by atoms with van der Waals surface area (Å²) in [5.74, 6) is -0.338. The summed E-state index contributed by atoms with van der Waals surface area (Å²) in [6.45, 7) is 2.17. The summed E-state index contributed by atoms with van der Waals surface area (Å²) in [6.07, 6.45) is 1.60. The first kappa shape index (κ1) is 17.6. The van der Waals surface area contributed by atoms with Crippen molar-refractivity contribution >= 4 is 40.7 Å². The third-order valence-electron chi connectivity index (χ3n) is 3.60. The van der Waals surface area contributed by atoms with Crippen LogP contribution in [-0.4, -0.2) is 27.4 Å². The number of amides is 1. The Morgan fingerprint density at radius 2 is 1.88 bits per heavy atom. The van der Waals surface area contributed by atoms with E-state index in [2.05, 4.69) is 10.2 Å². The second-order valence-corrected chi connectivity index (χ2v) is 7.23. The maximum absolute atomic E-state index is 13.0. The molecule has 2 aromatic carbocycles. The quantitative estimate of drug-likeness (QED) is 0.589. The van der Waals surface area contributed by atoms with Gasteiger partial charge in [0.1, 0.15) is 5.82 Å². The standard InChI is InChI=1S/C18H15ClFN3OS/c1-12-17(24)23(11-14-4-8-16(20)9-5-14)18(25-12)22-21-10-13-2-6-15(19)7-3-13/h2-10,12H,11H2,1H3/b21-10+,22-18-. The molecule has 1 heterocycles. The molecule has 3 rings (SSSR count). The molecule has 2 aromatic rings. The molecule has 1 aliphatic heterocycles. The molecule has 1 aliphatic rings. The van der Waals surface area contributed by atoms with E-state index in [1.807, 2.05) is 19.1 Å². The maximum Gasteiger partial charge on any atom is 0.242 e.